The molecular formula is C25H23N9OS. The van der Waals surface area contributed by atoms with E-state index in [4.69, 9.17) is 0 Å². The fourth-order valence-corrected chi connectivity index (χ4v) is 4.38. The van der Waals surface area contributed by atoms with Gasteiger partial charge in [0.05, 0.1) is 28.1 Å². The molecule has 0 bridgehead atoms. The van der Waals surface area contributed by atoms with Crippen molar-refractivity contribution in [3.63, 3.8) is 0 Å². The van der Waals surface area contributed by atoms with Crippen LogP contribution in [0.15, 0.2) is 82.4 Å². The number of para-hydroxylation sites is 1. The fraction of sp³-hybridized carbons (Fsp3) is 0.120. The molecule has 0 aliphatic carbocycles. The van der Waals surface area contributed by atoms with Crippen molar-refractivity contribution < 1.29 is 4.79 Å². The number of rotatable bonds is 6. The van der Waals surface area contributed by atoms with Crippen LogP contribution in [0.2, 0.25) is 0 Å². The summed E-state index contributed by atoms with van der Waals surface area (Å²) < 4.78 is 3.42. The molecule has 2 aromatic heterocycles. The number of thioether (sulfide) groups is 1. The van der Waals surface area contributed by atoms with Gasteiger partial charge in [-0.05, 0) is 54.6 Å². The number of aryl methyl sites for hydroxylation is 1. The Hall–Kier alpha value is -4.51. The average molecular weight is 498 g/mol. The molecule has 0 spiro atoms. The molecule has 2 aromatic carbocycles. The molecule has 1 amide bonds. The molecule has 3 heterocycles. The number of amidine groups is 1. The van der Waals surface area contributed by atoms with Gasteiger partial charge < -0.3 is 4.90 Å². The number of nitrogens with one attached hydrogen (secondary N) is 1. The van der Waals surface area contributed by atoms with Crippen LogP contribution >= 0.6 is 11.8 Å². The lowest BCUT2D eigenvalue weighted by molar-refractivity contribution is -0.115. The number of nitrogens with zero attached hydrogens (tertiary/aromatic N) is 8. The minimum Gasteiger partial charge on any atom is -0.378 e. The molecule has 1 aliphatic heterocycles. The Morgan fingerprint density at radius 1 is 1.08 bits per heavy atom. The number of hydrogen-bond donors (Lipinski definition) is 1. The molecule has 0 saturated carbocycles. The van der Waals surface area contributed by atoms with E-state index in [2.05, 4.69) is 30.7 Å². The minimum absolute atomic E-state index is 0.206. The van der Waals surface area contributed by atoms with Gasteiger partial charge >= 0.3 is 0 Å². The maximum absolute atomic E-state index is 12.4. The topological polar surface area (TPSA) is 106 Å². The van der Waals surface area contributed by atoms with Crippen molar-refractivity contribution in [3.05, 3.63) is 89.0 Å². The lowest BCUT2D eigenvalue weighted by Crippen LogP contribution is -2.19. The van der Waals surface area contributed by atoms with Crippen molar-refractivity contribution in [2.45, 2.75) is 6.92 Å². The second-order valence-corrected chi connectivity index (χ2v) is 9.14. The second kappa shape index (κ2) is 10.0. The summed E-state index contributed by atoms with van der Waals surface area (Å²) in [6, 6.07) is 17.7. The van der Waals surface area contributed by atoms with E-state index in [1.165, 1.54) is 18.1 Å². The number of carbonyl (C=O) groups excluding carboxylic acids is 1. The number of aromatic nitrogens is 5. The zero-order valence-corrected chi connectivity index (χ0v) is 20.7. The fourth-order valence-electron chi connectivity index (χ4n) is 3.60. The SMILES string of the molecule is Cc1nn(-c2ccccc2)c(-n2cncn2)c1C=N/N=C1/NC(=O)C(=Cc2ccc(N(C)C)cc2)S1. The molecule has 5 rings (SSSR count). The third kappa shape index (κ3) is 4.82. The third-order valence-corrected chi connectivity index (χ3v) is 6.31. The van der Waals surface area contributed by atoms with Crippen molar-refractivity contribution >= 4 is 40.8 Å². The van der Waals surface area contributed by atoms with E-state index in [1.807, 2.05) is 86.6 Å². The van der Waals surface area contributed by atoms with E-state index in [9.17, 15) is 4.79 Å². The van der Waals surface area contributed by atoms with E-state index in [-0.39, 0.29) is 5.91 Å². The van der Waals surface area contributed by atoms with Crippen LogP contribution in [-0.4, -0.2) is 55.9 Å². The summed E-state index contributed by atoms with van der Waals surface area (Å²) in [5.74, 6) is 0.479. The van der Waals surface area contributed by atoms with Crippen molar-refractivity contribution in [3.8, 4) is 11.5 Å². The summed E-state index contributed by atoms with van der Waals surface area (Å²) in [7, 11) is 3.97. The van der Waals surface area contributed by atoms with E-state index in [0.717, 1.165) is 28.2 Å². The van der Waals surface area contributed by atoms with Crippen LogP contribution in [0.5, 0.6) is 0 Å². The smallest absolute Gasteiger partial charge is 0.264 e. The summed E-state index contributed by atoms with van der Waals surface area (Å²) in [6.07, 6.45) is 6.52. The summed E-state index contributed by atoms with van der Waals surface area (Å²) >= 11 is 1.25. The summed E-state index contributed by atoms with van der Waals surface area (Å²) in [5, 5.41) is 20.6. The quantitative estimate of drug-likeness (QED) is 0.249. The first-order valence-electron chi connectivity index (χ1n) is 11.1. The van der Waals surface area contributed by atoms with Crippen LogP contribution in [0.3, 0.4) is 0 Å². The summed E-state index contributed by atoms with van der Waals surface area (Å²) in [4.78, 5) is 19.1. The maximum Gasteiger partial charge on any atom is 0.264 e. The first-order valence-corrected chi connectivity index (χ1v) is 11.9. The van der Waals surface area contributed by atoms with Gasteiger partial charge in [0.1, 0.15) is 12.7 Å². The number of benzene rings is 2. The van der Waals surface area contributed by atoms with Crippen LogP contribution in [0.4, 0.5) is 5.69 Å². The van der Waals surface area contributed by atoms with Gasteiger partial charge in [0.25, 0.3) is 5.91 Å². The molecule has 1 fully saturated rings. The molecule has 36 heavy (non-hydrogen) atoms. The number of hydrogen-bond acceptors (Lipinski definition) is 8. The van der Waals surface area contributed by atoms with E-state index in [0.29, 0.717) is 15.9 Å². The van der Waals surface area contributed by atoms with Crippen LogP contribution in [0.1, 0.15) is 16.8 Å². The second-order valence-electron chi connectivity index (χ2n) is 8.11. The molecule has 1 saturated heterocycles. The molecule has 10 nitrogen and oxygen atoms in total. The first-order chi connectivity index (χ1) is 17.5. The van der Waals surface area contributed by atoms with Crippen molar-refractivity contribution in [2.24, 2.45) is 10.2 Å². The van der Waals surface area contributed by atoms with Crippen LogP contribution in [0.25, 0.3) is 17.6 Å². The largest absolute Gasteiger partial charge is 0.378 e. The van der Waals surface area contributed by atoms with Gasteiger partial charge in [0.2, 0.25) is 0 Å². The summed E-state index contributed by atoms with van der Waals surface area (Å²) in [5.41, 5.74) is 4.39. The highest BCUT2D eigenvalue weighted by molar-refractivity contribution is 8.18. The van der Waals surface area contributed by atoms with Gasteiger partial charge in [-0.25, -0.2) is 14.3 Å². The average Bonchev–Trinajstić information content (AvgIpc) is 3.60. The molecule has 0 unspecified atom stereocenters. The lowest BCUT2D eigenvalue weighted by atomic mass is 10.2. The van der Waals surface area contributed by atoms with Gasteiger partial charge in [0, 0.05) is 19.8 Å². The van der Waals surface area contributed by atoms with Crippen LogP contribution < -0.4 is 10.2 Å². The Labute approximate surface area is 212 Å². The number of carbonyl (C=O) groups is 1. The molecule has 0 radical (unpaired) electrons. The van der Waals surface area contributed by atoms with Crippen molar-refractivity contribution in [1.29, 1.82) is 0 Å². The van der Waals surface area contributed by atoms with Gasteiger partial charge in [-0.2, -0.15) is 15.3 Å². The van der Waals surface area contributed by atoms with Gasteiger partial charge in [-0.1, -0.05) is 30.3 Å². The van der Waals surface area contributed by atoms with Crippen molar-refractivity contribution in [1.82, 2.24) is 29.9 Å². The van der Waals surface area contributed by atoms with E-state index in [1.54, 1.807) is 21.9 Å². The van der Waals surface area contributed by atoms with Gasteiger partial charge in [0.15, 0.2) is 11.0 Å². The Morgan fingerprint density at radius 2 is 1.86 bits per heavy atom. The molecule has 180 valence electrons. The van der Waals surface area contributed by atoms with Gasteiger partial charge in [-0.3, -0.25) is 10.1 Å². The first kappa shape index (κ1) is 23.2. The van der Waals surface area contributed by atoms with E-state index < -0.39 is 0 Å². The Morgan fingerprint density at radius 3 is 2.56 bits per heavy atom. The lowest BCUT2D eigenvalue weighted by Gasteiger charge is -2.11. The van der Waals surface area contributed by atoms with Crippen LogP contribution in [0, 0.1) is 6.92 Å². The maximum atomic E-state index is 12.4. The molecule has 1 aliphatic rings. The molecule has 0 atom stereocenters. The highest BCUT2D eigenvalue weighted by atomic mass is 32.2. The normalized spacial score (nSPS) is 15.8. The minimum atomic E-state index is -0.206. The van der Waals surface area contributed by atoms with Crippen molar-refractivity contribution in [2.75, 3.05) is 19.0 Å². The zero-order valence-electron chi connectivity index (χ0n) is 19.9. The third-order valence-electron chi connectivity index (χ3n) is 5.41. The Bertz CT molecular complexity index is 1470. The summed E-state index contributed by atoms with van der Waals surface area (Å²) in [6.45, 7) is 1.89. The molecule has 4 aromatic rings. The molecule has 1 N–H and O–H groups in total. The molecular weight excluding hydrogens is 474 g/mol. The highest BCUT2D eigenvalue weighted by Crippen LogP contribution is 2.27. The Balaban J connectivity index is 1.40. The highest BCUT2D eigenvalue weighted by Gasteiger charge is 2.24. The predicted molar refractivity (Wildman–Crippen MR) is 143 cm³/mol. The number of amides is 1. The monoisotopic (exact) mass is 497 g/mol. The van der Waals surface area contributed by atoms with Gasteiger partial charge in [-0.15, -0.1) is 5.10 Å². The Kier molecular flexibility index (Phi) is 6.46. The predicted octanol–water partition coefficient (Wildman–Crippen LogP) is 3.42. The molecule has 11 heteroatoms. The van der Waals surface area contributed by atoms with Crippen LogP contribution in [-0.2, 0) is 4.79 Å². The standard InChI is InChI=1S/C25H23N9OS/c1-17-21(24(33-16-26-15-28-33)34(31-17)20-7-5-4-6-8-20)14-27-30-25-29-23(35)22(36-25)13-18-9-11-19(12-10-18)32(2)3/h4-16H,1-3H3,(H,29,30,35). The number of anilines is 1. The zero-order chi connectivity index (χ0) is 25.1. The van der Waals surface area contributed by atoms with E-state index >= 15 is 0 Å².